The van der Waals surface area contributed by atoms with E-state index >= 15 is 0 Å². The van der Waals surface area contributed by atoms with Crippen molar-refractivity contribution >= 4 is 41.2 Å². The molecule has 0 unspecified atom stereocenters. The molecule has 1 heterocycles. The molecule has 2 aromatic rings. The smallest absolute Gasteiger partial charge is 0.325 e. The molecule has 0 saturated heterocycles. The molecule has 6 atom stereocenters. The van der Waals surface area contributed by atoms with E-state index in [0.717, 1.165) is 0 Å². The third-order valence-corrected chi connectivity index (χ3v) is 7.55. The SMILES string of the molecule is C.C.C[C@H](NC(=O)[C@@H](C)NC(=O)[C@@H]1Cc2cc(ccc2Cl)-c2ccc(O)c(c2)C[C@H](N)C(=O)N[C@@H](C[C@@H](O)CN)C(=O)N1)C(=O)O. The number of phenolic OH excluding ortho intramolecular Hbond substituents is 1. The van der Waals surface area contributed by atoms with E-state index in [2.05, 4.69) is 21.3 Å². The van der Waals surface area contributed by atoms with E-state index in [1.807, 2.05) is 0 Å². The number of rotatable bonds is 8. The van der Waals surface area contributed by atoms with Crippen molar-refractivity contribution < 1.29 is 39.3 Å². The van der Waals surface area contributed by atoms with E-state index in [9.17, 15) is 34.2 Å². The van der Waals surface area contributed by atoms with Crippen molar-refractivity contribution in [1.82, 2.24) is 21.3 Å². The van der Waals surface area contributed by atoms with Crippen LogP contribution >= 0.6 is 11.6 Å². The lowest BCUT2D eigenvalue weighted by molar-refractivity contribution is -0.141. The molecule has 11 N–H and O–H groups in total. The van der Waals surface area contributed by atoms with Crippen LogP contribution in [0.4, 0.5) is 0 Å². The van der Waals surface area contributed by atoms with E-state index in [0.29, 0.717) is 22.3 Å². The minimum atomic E-state index is -1.37. The number of nitrogens with two attached hydrogens (primary N) is 2. The van der Waals surface area contributed by atoms with Gasteiger partial charge in [0.2, 0.25) is 23.6 Å². The average molecular weight is 665 g/mol. The Morgan fingerprint density at radius 2 is 1.57 bits per heavy atom. The van der Waals surface area contributed by atoms with Crippen molar-refractivity contribution in [3.63, 3.8) is 0 Å². The highest BCUT2D eigenvalue weighted by Gasteiger charge is 2.32. The number of nitrogens with one attached hydrogen (secondary N) is 4. The van der Waals surface area contributed by atoms with E-state index in [-0.39, 0.29) is 51.4 Å². The standard InChI is InChI=1S/C29H37ClN6O8.2CH4/c1-13(25(39)34-14(2)29(43)44)33-27(41)22-10-17-7-15(3-5-20(17)30)16-4-6-24(38)18(8-16)9-21(32)26(40)35-23(28(42)36-22)11-19(37)12-31;;/h3-8,13-14,19,21-23,37-38H,9-12,31-32H2,1-2H3,(H,33,41)(H,34,39)(H,35,40)(H,36,42)(H,43,44);2*1H4/t13-,14+,19-,21+,22+,23+;;/m1../s1. The van der Waals surface area contributed by atoms with Gasteiger partial charge in [-0.25, -0.2) is 0 Å². The summed E-state index contributed by atoms with van der Waals surface area (Å²) >= 11 is 6.50. The number of fused-ring (bicyclic) bond motifs is 5. The molecule has 0 radical (unpaired) electrons. The van der Waals surface area contributed by atoms with Crippen LogP contribution in [0.3, 0.4) is 0 Å². The second-order valence-corrected chi connectivity index (χ2v) is 11.1. The van der Waals surface area contributed by atoms with Crippen LogP contribution in [-0.4, -0.2) is 87.8 Å². The number of aliphatic carboxylic acids is 1. The first-order chi connectivity index (χ1) is 20.7. The minimum Gasteiger partial charge on any atom is -0.508 e. The third-order valence-electron chi connectivity index (χ3n) is 7.19. The molecule has 1 aliphatic rings. The van der Waals surface area contributed by atoms with Gasteiger partial charge >= 0.3 is 5.97 Å². The maximum Gasteiger partial charge on any atom is 0.325 e. The molecular formula is C31H45ClN6O8. The Hall–Kier alpha value is -4.24. The summed E-state index contributed by atoms with van der Waals surface area (Å²) in [4.78, 5) is 63.7. The maximum absolute atomic E-state index is 13.5. The number of hydrogen-bond acceptors (Lipinski definition) is 9. The number of carbonyl (C=O) groups excluding carboxylic acids is 4. The summed E-state index contributed by atoms with van der Waals surface area (Å²) in [6, 6.07) is 3.50. The van der Waals surface area contributed by atoms with Crippen LogP contribution in [0.2, 0.25) is 5.02 Å². The van der Waals surface area contributed by atoms with Gasteiger partial charge in [-0.1, -0.05) is 38.6 Å². The number of carbonyl (C=O) groups is 5. The van der Waals surface area contributed by atoms with Gasteiger partial charge in [-0.05, 0) is 60.4 Å². The quantitative estimate of drug-likeness (QED) is 0.185. The van der Waals surface area contributed by atoms with Gasteiger partial charge in [0.25, 0.3) is 0 Å². The second-order valence-electron chi connectivity index (χ2n) is 10.7. The van der Waals surface area contributed by atoms with E-state index in [1.54, 1.807) is 30.3 Å². The number of hydrogen-bond donors (Lipinski definition) is 9. The molecule has 0 fully saturated rings. The third kappa shape index (κ3) is 10.4. The van der Waals surface area contributed by atoms with Gasteiger partial charge < -0.3 is 48.1 Å². The Kier molecular flexibility index (Phi) is 15.1. The van der Waals surface area contributed by atoms with Gasteiger partial charge in [-0.2, -0.15) is 0 Å². The highest BCUT2D eigenvalue weighted by Crippen LogP contribution is 2.30. The van der Waals surface area contributed by atoms with Gasteiger partial charge in [-0.15, -0.1) is 0 Å². The Morgan fingerprint density at radius 3 is 2.17 bits per heavy atom. The van der Waals surface area contributed by atoms with Crippen molar-refractivity contribution in [1.29, 1.82) is 0 Å². The molecule has 0 aliphatic carbocycles. The molecule has 14 nitrogen and oxygen atoms in total. The van der Waals surface area contributed by atoms with Crippen molar-refractivity contribution in [2.75, 3.05) is 6.54 Å². The zero-order valence-electron chi connectivity index (χ0n) is 24.2. The largest absolute Gasteiger partial charge is 0.508 e. The maximum atomic E-state index is 13.5. The number of amides is 4. The van der Waals surface area contributed by atoms with Crippen LogP contribution in [-0.2, 0) is 36.8 Å². The first-order valence-electron chi connectivity index (χ1n) is 13.9. The number of carboxylic acids is 1. The predicted molar refractivity (Wildman–Crippen MR) is 174 cm³/mol. The molecule has 0 aromatic heterocycles. The zero-order valence-corrected chi connectivity index (χ0v) is 24.9. The number of aliphatic hydroxyl groups is 1. The summed E-state index contributed by atoms with van der Waals surface area (Å²) in [5.74, 6) is -4.53. The fraction of sp³-hybridized carbons (Fsp3) is 0.452. The van der Waals surface area contributed by atoms with Gasteiger partial charge in [0, 0.05) is 30.8 Å². The number of carboxylic acid groups (broad SMARTS) is 1. The predicted octanol–water partition coefficient (Wildman–Crippen LogP) is 0.184. The Morgan fingerprint density at radius 1 is 0.957 bits per heavy atom. The summed E-state index contributed by atoms with van der Waals surface area (Å²) in [5, 5.41) is 39.8. The van der Waals surface area contributed by atoms with E-state index < -0.39 is 65.9 Å². The lowest BCUT2D eigenvalue weighted by Gasteiger charge is -2.26. The van der Waals surface area contributed by atoms with Gasteiger partial charge in [0.05, 0.1) is 12.1 Å². The number of benzene rings is 2. The fourth-order valence-electron chi connectivity index (χ4n) is 4.53. The molecule has 4 amide bonds. The molecule has 46 heavy (non-hydrogen) atoms. The van der Waals surface area contributed by atoms with Crippen LogP contribution in [0.1, 0.15) is 46.2 Å². The molecule has 4 bridgehead atoms. The van der Waals surface area contributed by atoms with Gasteiger partial charge in [0.15, 0.2) is 0 Å². The summed E-state index contributed by atoms with van der Waals surface area (Å²) in [7, 11) is 0. The minimum absolute atomic E-state index is 0. The van der Waals surface area contributed by atoms with Crippen molar-refractivity contribution in [3.05, 3.63) is 52.5 Å². The molecular weight excluding hydrogens is 620 g/mol. The zero-order chi connectivity index (χ0) is 32.7. The van der Waals surface area contributed by atoms with Crippen LogP contribution in [0.25, 0.3) is 11.1 Å². The molecule has 0 spiro atoms. The Balaban J connectivity index is 0.00000529. The van der Waals surface area contributed by atoms with Crippen molar-refractivity contribution in [2.24, 2.45) is 11.5 Å². The Bertz CT molecular complexity index is 1420. The molecule has 1 aliphatic heterocycles. The fourth-order valence-corrected chi connectivity index (χ4v) is 4.72. The lowest BCUT2D eigenvalue weighted by atomic mass is 9.96. The monoisotopic (exact) mass is 664 g/mol. The average Bonchev–Trinajstić information content (AvgIpc) is 2.97. The van der Waals surface area contributed by atoms with Crippen molar-refractivity contribution in [2.45, 2.75) is 84.3 Å². The van der Waals surface area contributed by atoms with Gasteiger partial charge in [-0.3, -0.25) is 24.0 Å². The molecule has 0 saturated carbocycles. The molecule has 3 rings (SSSR count). The van der Waals surface area contributed by atoms with E-state index in [1.165, 1.54) is 19.9 Å². The first kappa shape index (κ1) is 39.8. The van der Waals surface area contributed by atoms with Crippen LogP contribution < -0.4 is 32.7 Å². The number of aliphatic hydroxyl groups excluding tert-OH is 1. The van der Waals surface area contributed by atoms with Crippen LogP contribution in [0.5, 0.6) is 5.75 Å². The summed E-state index contributed by atoms with van der Waals surface area (Å²) < 4.78 is 0. The van der Waals surface area contributed by atoms with Crippen LogP contribution in [0, 0.1) is 0 Å². The highest BCUT2D eigenvalue weighted by molar-refractivity contribution is 6.31. The first-order valence-corrected chi connectivity index (χ1v) is 14.3. The molecule has 15 heteroatoms. The molecule has 254 valence electrons. The topological polar surface area (TPSA) is 246 Å². The normalized spacial score (nSPS) is 20.0. The molecule has 2 aromatic carbocycles. The number of aromatic hydroxyl groups is 1. The summed E-state index contributed by atoms with van der Waals surface area (Å²) in [6.45, 7) is 2.38. The highest BCUT2D eigenvalue weighted by atomic mass is 35.5. The number of halogens is 1. The van der Waals surface area contributed by atoms with Crippen molar-refractivity contribution in [3.8, 4) is 16.9 Å². The van der Waals surface area contributed by atoms with Crippen LogP contribution in [0.15, 0.2) is 36.4 Å². The summed E-state index contributed by atoms with van der Waals surface area (Å²) in [5.41, 5.74) is 13.8. The lowest BCUT2D eigenvalue weighted by Crippen LogP contribution is -2.59. The van der Waals surface area contributed by atoms with E-state index in [4.69, 9.17) is 28.2 Å². The Labute approximate surface area is 273 Å². The second kappa shape index (κ2) is 17.5. The summed E-state index contributed by atoms with van der Waals surface area (Å²) in [6.07, 6.45) is -1.74. The van der Waals surface area contributed by atoms with Gasteiger partial charge in [0.1, 0.15) is 29.9 Å². The number of phenols is 1.